The smallest absolute Gasteiger partial charge is 0.411 e. The lowest BCUT2D eigenvalue weighted by Crippen LogP contribution is -2.13. The SMILES string of the molecule is CC=CCOC(=O)Nc1ccc(C(=O)OCC)cc1. The lowest BCUT2D eigenvalue weighted by Gasteiger charge is -2.06. The van der Waals surface area contributed by atoms with Crippen molar-refractivity contribution in [1.29, 1.82) is 0 Å². The molecule has 0 bridgehead atoms. The van der Waals surface area contributed by atoms with Crippen molar-refractivity contribution in [3.05, 3.63) is 42.0 Å². The summed E-state index contributed by atoms with van der Waals surface area (Å²) in [4.78, 5) is 22.8. The monoisotopic (exact) mass is 263 g/mol. The molecule has 0 atom stereocenters. The molecular weight excluding hydrogens is 246 g/mol. The van der Waals surface area contributed by atoms with Crippen molar-refractivity contribution >= 4 is 17.7 Å². The van der Waals surface area contributed by atoms with Crippen molar-refractivity contribution < 1.29 is 19.1 Å². The first-order valence-corrected chi connectivity index (χ1v) is 5.99. The third kappa shape index (κ3) is 5.25. The second kappa shape index (κ2) is 7.92. The number of amides is 1. The third-order valence-corrected chi connectivity index (χ3v) is 2.19. The first-order valence-electron chi connectivity index (χ1n) is 5.99. The Morgan fingerprint density at radius 2 is 1.89 bits per heavy atom. The normalized spacial score (nSPS) is 10.2. The number of esters is 1. The summed E-state index contributed by atoms with van der Waals surface area (Å²) >= 11 is 0. The second-order valence-electron chi connectivity index (χ2n) is 3.59. The minimum Gasteiger partial charge on any atom is -0.462 e. The van der Waals surface area contributed by atoms with Crippen LogP contribution < -0.4 is 5.32 Å². The van der Waals surface area contributed by atoms with Gasteiger partial charge in [0, 0.05) is 5.69 Å². The Labute approximate surface area is 112 Å². The minimum atomic E-state index is -0.540. The predicted molar refractivity (Wildman–Crippen MR) is 72.2 cm³/mol. The van der Waals surface area contributed by atoms with E-state index in [1.807, 2.05) is 6.92 Å². The molecule has 0 aliphatic carbocycles. The average Bonchev–Trinajstić information content (AvgIpc) is 2.40. The standard InChI is InChI=1S/C14H17NO4/c1-3-5-10-19-14(17)15-12-8-6-11(7-9-12)13(16)18-4-2/h3,5-9H,4,10H2,1-2H3,(H,15,17). The zero-order valence-corrected chi connectivity index (χ0v) is 11.0. The van der Waals surface area contributed by atoms with Crippen molar-refractivity contribution in [1.82, 2.24) is 0 Å². The molecule has 0 saturated carbocycles. The van der Waals surface area contributed by atoms with Gasteiger partial charge in [-0.05, 0) is 38.1 Å². The molecule has 0 aliphatic rings. The van der Waals surface area contributed by atoms with Crippen LogP contribution in [-0.4, -0.2) is 25.3 Å². The van der Waals surface area contributed by atoms with E-state index in [-0.39, 0.29) is 12.6 Å². The number of anilines is 1. The van der Waals surface area contributed by atoms with E-state index in [1.54, 1.807) is 43.3 Å². The van der Waals surface area contributed by atoms with Crippen molar-refractivity contribution in [3.8, 4) is 0 Å². The lowest BCUT2D eigenvalue weighted by atomic mass is 10.2. The van der Waals surface area contributed by atoms with Gasteiger partial charge in [-0.15, -0.1) is 0 Å². The summed E-state index contributed by atoms with van der Waals surface area (Å²) in [6, 6.07) is 6.39. The maximum atomic E-state index is 11.4. The van der Waals surface area contributed by atoms with E-state index in [0.29, 0.717) is 17.9 Å². The topological polar surface area (TPSA) is 64.6 Å². The van der Waals surface area contributed by atoms with Crippen LogP contribution in [0.5, 0.6) is 0 Å². The number of hydrogen-bond donors (Lipinski definition) is 1. The van der Waals surface area contributed by atoms with Crippen LogP contribution >= 0.6 is 0 Å². The number of allylic oxidation sites excluding steroid dienone is 1. The van der Waals surface area contributed by atoms with Crippen LogP contribution in [0.25, 0.3) is 0 Å². The van der Waals surface area contributed by atoms with Crippen LogP contribution in [0.4, 0.5) is 10.5 Å². The molecule has 5 heteroatoms. The highest BCUT2D eigenvalue weighted by molar-refractivity contribution is 5.91. The number of hydrogen-bond acceptors (Lipinski definition) is 4. The maximum absolute atomic E-state index is 11.4. The summed E-state index contributed by atoms with van der Waals surface area (Å²) in [5.74, 6) is -0.385. The molecule has 0 spiro atoms. The third-order valence-electron chi connectivity index (χ3n) is 2.19. The van der Waals surface area contributed by atoms with E-state index in [2.05, 4.69) is 5.32 Å². The molecule has 1 aromatic carbocycles. The molecule has 5 nitrogen and oxygen atoms in total. The molecule has 19 heavy (non-hydrogen) atoms. The Bertz CT molecular complexity index is 451. The van der Waals surface area contributed by atoms with Gasteiger partial charge in [0.2, 0.25) is 0 Å². The van der Waals surface area contributed by atoms with Gasteiger partial charge in [0.05, 0.1) is 12.2 Å². The number of carbonyl (C=O) groups excluding carboxylic acids is 2. The summed E-state index contributed by atoms with van der Waals surface area (Å²) in [6.45, 7) is 4.14. The summed E-state index contributed by atoms with van der Waals surface area (Å²) in [7, 11) is 0. The Balaban J connectivity index is 2.52. The minimum absolute atomic E-state index is 0.225. The Morgan fingerprint density at radius 1 is 1.21 bits per heavy atom. The molecule has 1 amide bonds. The molecule has 0 unspecified atom stereocenters. The summed E-state index contributed by atoms with van der Waals surface area (Å²) in [5.41, 5.74) is 0.994. The van der Waals surface area contributed by atoms with Crippen LogP contribution in [0.2, 0.25) is 0 Å². The number of benzene rings is 1. The van der Waals surface area contributed by atoms with Gasteiger partial charge in [-0.25, -0.2) is 9.59 Å². The van der Waals surface area contributed by atoms with E-state index < -0.39 is 6.09 Å². The van der Waals surface area contributed by atoms with Crippen LogP contribution in [-0.2, 0) is 9.47 Å². The van der Waals surface area contributed by atoms with Crippen molar-refractivity contribution in [2.45, 2.75) is 13.8 Å². The molecule has 102 valence electrons. The van der Waals surface area contributed by atoms with Gasteiger partial charge in [-0.2, -0.15) is 0 Å². The molecule has 0 aliphatic heterocycles. The molecule has 0 fully saturated rings. The molecular formula is C14H17NO4. The van der Waals surface area contributed by atoms with Gasteiger partial charge in [0.1, 0.15) is 6.61 Å². The Kier molecular flexibility index (Phi) is 6.15. The number of ether oxygens (including phenoxy) is 2. The molecule has 0 saturated heterocycles. The Morgan fingerprint density at radius 3 is 2.47 bits per heavy atom. The second-order valence-corrected chi connectivity index (χ2v) is 3.59. The molecule has 0 heterocycles. The van der Waals surface area contributed by atoms with Gasteiger partial charge < -0.3 is 9.47 Å². The fourth-order valence-electron chi connectivity index (χ4n) is 1.28. The first-order chi connectivity index (χ1) is 9.17. The Hall–Kier alpha value is -2.30. The van der Waals surface area contributed by atoms with E-state index in [1.165, 1.54) is 0 Å². The fourth-order valence-corrected chi connectivity index (χ4v) is 1.28. The van der Waals surface area contributed by atoms with Crippen LogP contribution in [0, 0.1) is 0 Å². The van der Waals surface area contributed by atoms with Crippen LogP contribution in [0.3, 0.4) is 0 Å². The van der Waals surface area contributed by atoms with Gasteiger partial charge in [-0.1, -0.05) is 12.2 Å². The molecule has 0 radical (unpaired) electrons. The van der Waals surface area contributed by atoms with E-state index in [0.717, 1.165) is 0 Å². The largest absolute Gasteiger partial charge is 0.462 e. The maximum Gasteiger partial charge on any atom is 0.411 e. The van der Waals surface area contributed by atoms with Gasteiger partial charge in [-0.3, -0.25) is 5.32 Å². The number of carbonyl (C=O) groups is 2. The van der Waals surface area contributed by atoms with Gasteiger partial charge in [0.15, 0.2) is 0 Å². The average molecular weight is 263 g/mol. The van der Waals surface area contributed by atoms with Gasteiger partial charge >= 0.3 is 12.1 Å². The molecule has 1 aromatic rings. The number of rotatable bonds is 5. The molecule has 1 N–H and O–H groups in total. The van der Waals surface area contributed by atoms with E-state index >= 15 is 0 Å². The quantitative estimate of drug-likeness (QED) is 0.655. The van der Waals surface area contributed by atoms with Gasteiger partial charge in [0.25, 0.3) is 0 Å². The van der Waals surface area contributed by atoms with Crippen LogP contribution in [0.15, 0.2) is 36.4 Å². The lowest BCUT2D eigenvalue weighted by molar-refractivity contribution is 0.0526. The van der Waals surface area contributed by atoms with Crippen molar-refractivity contribution in [2.24, 2.45) is 0 Å². The molecule has 0 aromatic heterocycles. The van der Waals surface area contributed by atoms with E-state index in [9.17, 15) is 9.59 Å². The highest BCUT2D eigenvalue weighted by atomic mass is 16.5. The predicted octanol–water partition coefficient (Wildman–Crippen LogP) is 2.99. The number of nitrogens with one attached hydrogen (secondary N) is 1. The fraction of sp³-hybridized carbons (Fsp3) is 0.286. The summed E-state index contributed by atoms with van der Waals surface area (Å²) in [5, 5.41) is 2.55. The highest BCUT2D eigenvalue weighted by Gasteiger charge is 2.07. The summed E-state index contributed by atoms with van der Waals surface area (Å²) < 4.78 is 9.73. The van der Waals surface area contributed by atoms with Crippen molar-refractivity contribution in [2.75, 3.05) is 18.5 Å². The first kappa shape index (κ1) is 14.8. The van der Waals surface area contributed by atoms with Crippen LogP contribution in [0.1, 0.15) is 24.2 Å². The molecule has 1 rings (SSSR count). The zero-order chi connectivity index (χ0) is 14.1. The van der Waals surface area contributed by atoms with E-state index in [4.69, 9.17) is 9.47 Å². The zero-order valence-electron chi connectivity index (χ0n) is 11.0. The summed E-state index contributed by atoms with van der Waals surface area (Å²) in [6.07, 6.45) is 2.98. The van der Waals surface area contributed by atoms with Crippen molar-refractivity contribution in [3.63, 3.8) is 0 Å². The highest BCUT2D eigenvalue weighted by Crippen LogP contribution is 2.10.